The molecule has 1 aliphatic carbocycles. The molecule has 0 fully saturated rings. The van der Waals surface area contributed by atoms with Gasteiger partial charge in [-0.2, -0.15) is 0 Å². The molecule has 2 aromatic carbocycles. The Morgan fingerprint density at radius 2 is 2.04 bits per heavy atom. The van der Waals surface area contributed by atoms with E-state index in [0.29, 0.717) is 11.6 Å². The van der Waals surface area contributed by atoms with Crippen molar-refractivity contribution >= 4 is 5.97 Å². The largest absolute Gasteiger partial charge is 0.467 e. The predicted octanol–water partition coefficient (Wildman–Crippen LogP) is 3.28. The number of carbonyl (C=O) groups is 1. The summed E-state index contributed by atoms with van der Waals surface area (Å²) in [7, 11) is 3.03. The van der Waals surface area contributed by atoms with Gasteiger partial charge in [0, 0.05) is 13.2 Å². The van der Waals surface area contributed by atoms with Crippen molar-refractivity contribution in [3.8, 4) is 5.75 Å². The Labute approximate surface area is 154 Å². The number of hydrogen-bond acceptors (Lipinski definition) is 5. The van der Waals surface area contributed by atoms with Crippen molar-refractivity contribution in [3.63, 3.8) is 0 Å². The van der Waals surface area contributed by atoms with Gasteiger partial charge in [-0.25, -0.2) is 4.79 Å². The maximum absolute atomic E-state index is 11.7. The number of hydrogen-bond donors (Lipinski definition) is 1. The number of esters is 1. The van der Waals surface area contributed by atoms with Crippen molar-refractivity contribution in [1.29, 1.82) is 0 Å². The zero-order valence-electron chi connectivity index (χ0n) is 15.3. The molecule has 3 rings (SSSR count). The van der Waals surface area contributed by atoms with Crippen LogP contribution in [0.1, 0.15) is 39.5 Å². The van der Waals surface area contributed by atoms with E-state index in [1.54, 1.807) is 7.11 Å². The molecule has 0 bridgehead atoms. The van der Waals surface area contributed by atoms with Crippen LogP contribution >= 0.6 is 0 Å². The van der Waals surface area contributed by atoms with E-state index in [1.807, 2.05) is 36.4 Å². The monoisotopic (exact) mass is 355 g/mol. The number of carbonyl (C=O) groups excluding carboxylic acids is 1. The first kappa shape index (κ1) is 18.4. The summed E-state index contributed by atoms with van der Waals surface area (Å²) in [4.78, 5) is 11.7. The van der Waals surface area contributed by atoms with Crippen molar-refractivity contribution in [2.45, 2.75) is 25.3 Å². The van der Waals surface area contributed by atoms with Crippen LogP contribution < -0.4 is 10.1 Å². The molecule has 0 aliphatic heterocycles. The van der Waals surface area contributed by atoms with Crippen LogP contribution in [0.15, 0.2) is 42.5 Å². The minimum atomic E-state index is -0.281. The first-order valence-electron chi connectivity index (χ1n) is 8.87. The lowest BCUT2D eigenvalue weighted by Gasteiger charge is -2.16. The van der Waals surface area contributed by atoms with Gasteiger partial charge >= 0.3 is 5.97 Å². The highest BCUT2D eigenvalue weighted by molar-refractivity contribution is 5.89. The number of ether oxygens (including phenoxy) is 3. The molecule has 26 heavy (non-hydrogen) atoms. The van der Waals surface area contributed by atoms with Crippen LogP contribution in [0.4, 0.5) is 0 Å². The number of fused-ring (bicyclic) bond motifs is 1. The van der Waals surface area contributed by atoms with E-state index in [2.05, 4.69) is 11.4 Å². The van der Waals surface area contributed by atoms with E-state index in [-0.39, 0.29) is 12.8 Å². The van der Waals surface area contributed by atoms with Crippen LogP contribution in [-0.2, 0) is 22.3 Å². The average molecular weight is 355 g/mol. The molecule has 5 heteroatoms. The summed E-state index contributed by atoms with van der Waals surface area (Å²) in [6.45, 7) is 1.11. The van der Waals surface area contributed by atoms with Crippen molar-refractivity contribution < 1.29 is 19.0 Å². The molecule has 0 heterocycles. The molecule has 1 aliphatic rings. The summed E-state index contributed by atoms with van der Waals surface area (Å²) < 4.78 is 15.4. The van der Waals surface area contributed by atoms with Gasteiger partial charge in [0.25, 0.3) is 0 Å². The van der Waals surface area contributed by atoms with Gasteiger partial charge in [-0.05, 0) is 60.7 Å². The normalized spacial score (nSPS) is 15.5. The Bertz CT molecular complexity index is 759. The standard InChI is InChI=1S/C21H25NO4/c1-24-14-26-20-6-4-3-5-15(20)11-12-22-19-10-8-16-13-17(21(23)25-2)7-9-18(16)19/h3-7,9,13,19,22H,8,10-12,14H2,1-2H3. The molecule has 0 saturated heterocycles. The smallest absolute Gasteiger partial charge is 0.337 e. The van der Waals surface area contributed by atoms with Gasteiger partial charge in [0.05, 0.1) is 12.7 Å². The molecule has 0 spiro atoms. The molecule has 1 unspecified atom stereocenters. The predicted molar refractivity (Wildman–Crippen MR) is 99.5 cm³/mol. The lowest BCUT2D eigenvalue weighted by Crippen LogP contribution is -2.22. The summed E-state index contributed by atoms with van der Waals surface area (Å²) in [5, 5.41) is 3.63. The first-order chi connectivity index (χ1) is 12.7. The van der Waals surface area contributed by atoms with Gasteiger partial charge < -0.3 is 19.5 Å². The molecule has 1 atom stereocenters. The van der Waals surface area contributed by atoms with E-state index >= 15 is 0 Å². The van der Waals surface area contributed by atoms with E-state index in [9.17, 15) is 4.79 Å². The zero-order valence-corrected chi connectivity index (χ0v) is 15.3. The summed E-state index contributed by atoms with van der Waals surface area (Å²) in [6.07, 6.45) is 2.90. The Morgan fingerprint density at radius 1 is 1.19 bits per heavy atom. The number of methoxy groups -OCH3 is 2. The second-order valence-electron chi connectivity index (χ2n) is 6.36. The van der Waals surface area contributed by atoms with Crippen LogP contribution in [0.25, 0.3) is 0 Å². The third-order valence-electron chi connectivity index (χ3n) is 4.73. The van der Waals surface area contributed by atoms with Gasteiger partial charge in [0.15, 0.2) is 6.79 Å². The zero-order chi connectivity index (χ0) is 18.4. The third kappa shape index (κ3) is 4.23. The van der Waals surface area contributed by atoms with Gasteiger partial charge in [0.2, 0.25) is 0 Å². The van der Waals surface area contributed by atoms with Crippen LogP contribution in [0.2, 0.25) is 0 Å². The minimum Gasteiger partial charge on any atom is -0.467 e. The highest BCUT2D eigenvalue weighted by atomic mass is 16.7. The molecule has 0 radical (unpaired) electrons. The van der Waals surface area contributed by atoms with Crippen LogP contribution in [0.5, 0.6) is 5.75 Å². The highest BCUT2D eigenvalue weighted by Gasteiger charge is 2.23. The minimum absolute atomic E-state index is 0.253. The topological polar surface area (TPSA) is 56.8 Å². The molecule has 5 nitrogen and oxygen atoms in total. The maximum Gasteiger partial charge on any atom is 0.337 e. The fourth-order valence-corrected chi connectivity index (χ4v) is 3.43. The second-order valence-corrected chi connectivity index (χ2v) is 6.36. The maximum atomic E-state index is 11.7. The first-order valence-corrected chi connectivity index (χ1v) is 8.87. The van der Waals surface area contributed by atoms with Crippen LogP contribution in [0, 0.1) is 0 Å². The number of rotatable bonds is 8. The van der Waals surface area contributed by atoms with Gasteiger partial charge in [-0.1, -0.05) is 24.3 Å². The number of aryl methyl sites for hydroxylation is 1. The Morgan fingerprint density at radius 3 is 2.85 bits per heavy atom. The second kappa shape index (κ2) is 8.83. The van der Waals surface area contributed by atoms with Gasteiger partial charge in [0.1, 0.15) is 5.75 Å². The van der Waals surface area contributed by atoms with E-state index in [0.717, 1.165) is 37.1 Å². The van der Waals surface area contributed by atoms with Crippen LogP contribution in [-0.4, -0.2) is 33.5 Å². The fraction of sp³-hybridized carbons (Fsp3) is 0.381. The molecule has 0 amide bonds. The Balaban J connectivity index is 1.59. The molecule has 0 aromatic heterocycles. The Hall–Kier alpha value is -2.37. The van der Waals surface area contributed by atoms with Gasteiger partial charge in [-0.3, -0.25) is 0 Å². The summed E-state index contributed by atoms with van der Waals surface area (Å²) in [6, 6.07) is 14.2. The van der Waals surface area contributed by atoms with E-state index in [1.165, 1.54) is 18.2 Å². The molecule has 1 N–H and O–H groups in total. The lowest BCUT2D eigenvalue weighted by molar-refractivity contribution is 0.0504. The van der Waals surface area contributed by atoms with Crippen molar-refractivity contribution in [3.05, 3.63) is 64.7 Å². The SMILES string of the molecule is COCOc1ccccc1CCNC1CCc2cc(C(=O)OC)ccc21. The summed E-state index contributed by atoms with van der Waals surface area (Å²) in [5.74, 6) is 0.586. The molecular formula is C21H25NO4. The quantitative estimate of drug-likeness (QED) is 0.582. The number of nitrogens with one attached hydrogen (secondary N) is 1. The summed E-state index contributed by atoms with van der Waals surface area (Å²) in [5.41, 5.74) is 4.29. The molecule has 0 saturated carbocycles. The number of para-hydroxylation sites is 1. The van der Waals surface area contributed by atoms with E-state index in [4.69, 9.17) is 14.2 Å². The van der Waals surface area contributed by atoms with E-state index < -0.39 is 0 Å². The summed E-state index contributed by atoms with van der Waals surface area (Å²) >= 11 is 0. The van der Waals surface area contributed by atoms with Gasteiger partial charge in [-0.15, -0.1) is 0 Å². The molecular weight excluding hydrogens is 330 g/mol. The molecule has 138 valence electrons. The lowest BCUT2D eigenvalue weighted by atomic mass is 10.0. The molecule has 2 aromatic rings. The highest BCUT2D eigenvalue weighted by Crippen LogP contribution is 2.32. The number of benzene rings is 2. The Kier molecular flexibility index (Phi) is 6.26. The third-order valence-corrected chi connectivity index (χ3v) is 4.73. The van der Waals surface area contributed by atoms with Crippen LogP contribution in [0.3, 0.4) is 0 Å². The van der Waals surface area contributed by atoms with Crippen molar-refractivity contribution in [2.75, 3.05) is 27.6 Å². The van der Waals surface area contributed by atoms with Crippen molar-refractivity contribution in [2.24, 2.45) is 0 Å². The average Bonchev–Trinajstić information content (AvgIpc) is 3.09. The fourth-order valence-electron chi connectivity index (χ4n) is 3.43. The van der Waals surface area contributed by atoms with Crippen molar-refractivity contribution in [1.82, 2.24) is 5.32 Å².